The van der Waals surface area contributed by atoms with Crippen molar-refractivity contribution in [1.82, 2.24) is 46.2 Å². The van der Waals surface area contributed by atoms with E-state index in [0.717, 1.165) is 67.5 Å². The largest absolute Gasteiger partial charge is 0.480 e. The Kier molecular flexibility index (Phi) is 13.7. The van der Waals surface area contributed by atoms with Crippen molar-refractivity contribution in [2.24, 2.45) is 5.73 Å². The van der Waals surface area contributed by atoms with Crippen molar-refractivity contribution >= 4 is 34.5 Å². The van der Waals surface area contributed by atoms with Gasteiger partial charge in [-0.2, -0.15) is 4.98 Å². The van der Waals surface area contributed by atoms with Gasteiger partial charge in [0.05, 0.1) is 18.3 Å². The molecular formula is C33H52N12O3. The first-order valence-corrected chi connectivity index (χ1v) is 17.5. The second-order valence-corrected chi connectivity index (χ2v) is 12.8. The van der Waals surface area contributed by atoms with Crippen LogP contribution in [0.2, 0.25) is 0 Å². The summed E-state index contributed by atoms with van der Waals surface area (Å²) in [5, 5.41) is 35.2. The Hall–Kier alpha value is -3.92. The quantitative estimate of drug-likeness (QED) is 0.0903. The van der Waals surface area contributed by atoms with Crippen LogP contribution in [0.1, 0.15) is 63.5 Å². The maximum Gasteiger partial charge on any atom is 0.320 e. The fraction of sp³-hybridized carbons (Fsp3) is 0.636. The number of aliphatic carboxylic acids is 1. The molecule has 2 aliphatic rings. The highest BCUT2D eigenvalue weighted by Gasteiger charge is 2.27. The topological polar surface area (TPSA) is 200 Å². The molecule has 15 heteroatoms. The first-order chi connectivity index (χ1) is 23.5. The van der Waals surface area contributed by atoms with E-state index in [4.69, 9.17) is 20.8 Å². The molecule has 15 nitrogen and oxygen atoms in total. The van der Waals surface area contributed by atoms with E-state index >= 15 is 0 Å². The summed E-state index contributed by atoms with van der Waals surface area (Å²) in [6.07, 6.45) is 11.7. The Morgan fingerprint density at radius 3 is 2.73 bits per heavy atom. The predicted molar refractivity (Wildman–Crippen MR) is 186 cm³/mol. The summed E-state index contributed by atoms with van der Waals surface area (Å²) in [5.74, 6) is 0.0667. The van der Waals surface area contributed by atoms with Crippen LogP contribution in [0, 0.1) is 0 Å². The van der Waals surface area contributed by atoms with E-state index in [-0.39, 0.29) is 5.91 Å². The fourth-order valence-corrected chi connectivity index (χ4v) is 6.29. The van der Waals surface area contributed by atoms with Crippen molar-refractivity contribution < 1.29 is 14.7 Å². The fourth-order valence-electron chi connectivity index (χ4n) is 6.29. The van der Waals surface area contributed by atoms with Crippen LogP contribution >= 0.6 is 0 Å². The van der Waals surface area contributed by atoms with Gasteiger partial charge < -0.3 is 42.3 Å². The number of benzene rings is 1. The first-order valence-electron chi connectivity index (χ1n) is 17.5. The second-order valence-electron chi connectivity index (χ2n) is 12.8. The van der Waals surface area contributed by atoms with Gasteiger partial charge >= 0.3 is 5.97 Å². The number of carbonyl (C=O) groups is 2. The number of nitrogens with two attached hydrogens (primary N) is 1. The van der Waals surface area contributed by atoms with Crippen molar-refractivity contribution in [1.29, 1.82) is 0 Å². The lowest BCUT2D eigenvalue weighted by Gasteiger charge is -2.34. The van der Waals surface area contributed by atoms with Crippen LogP contribution in [0.15, 0.2) is 30.5 Å². The lowest BCUT2D eigenvalue weighted by molar-refractivity contribution is -0.138. The number of fused-ring (bicyclic) bond motifs is 1. The number of carboxylic acid groups (broad SMARTS) is 1. The lowest BCUT2D eigenvalue weighted by atomic mass is 9.95. The zero-order valence-corrected chi connectivity index (χ0v) is 27.9. The Bertz CT molecular complexity index is 1450. The van der Waals surface area contributed by atoms with Gasteiger partial charge in [0.25, 0.3) is 0 Å². The normalized spacial score (nSPS) is 17.8. The molecule has 1 amide bonds. The number of nitrogens with one attached hydrogen (secondary N) is 5. The molecule has 2 unspecified atom stereocenters. The molecule has 1 saturated heterocycles. The zero-order chi connectivity index (χ0) is 33.6. The number of aryl methyl sites for hydroxylation is 1. The Balaban J connectivity index is 1.07. The number of anilines is 2. The van der Waals surface area contributed by atoms with Crippen molar-refractivity contribution in [3.05, 3.63) is 36.2 Å². The zero-order valence-electron chi connectivity index (χ0n) is 27.9. The van der Waals surface area contributed by atoms with Crippen LogP contribution in [0.4, 0.5) is 11.8 Å². The third kappa shape index (κ3) is 10.8. The molecule has 3 aromatic rings. The Morgan fingerprint density at radius 1 is 1.04 bits per heavy atom. The number of hydrogen-bond donors (Lipinski definition) is 7. The van der Waals surface area contributed by atoms with Gasteiger partial charge in [-0.15, -0.1) is 5.10 Å². The molecule has 1 aromatic carbocycles. The number of piperazine rings is 1. The molecule has 0 spiro atoms. The first kappa shape index (κ1) is 35.4. The molecular weight excluding hydrogens is 612 g/mol. The van der Waals surface area contributed by atoms with E-state index in [2.05, 4.69) is 41.8 Å². The summed E-state index contributed by atoms with van der Waals surface area (Å²) < 4.78 is 1.88. The van der Waals surface area contributed by atoms with E-state index in [1.54, 1.807) is 0 Å². The minimum Gasteiger partial charge on any atom is -0.480 e. The molecule has 1 aliphatic heterocycles. The average molecular weight is 665 g/mol. The molecule has 2 aromatic heterocycles. The van der Waals surface area contributed by atoms with Gasteiger partial charge in [0.2, 0.25) is 11.9 Å². The van der Waals surface area contributed by atoms with Crippen molar-refractivity contribution in [2.75, 3.05) is 56.0 Å². The highest BCUT2D eigenvalue weighted by molar-refractivity contribution is 5.91. The SMILES string of the molecule is NC(CCCNC(=O)C1CN(c2nc(NCc3cn(CCCNCCCNC4CCCCC4)nn3)nc3ccccc23)CCN1)C(=O)O. The summed E-state index contributed by atoms with van der Waals surface area (Å²) in [6.45, 7) is 6.36. The number of para-hydroxylation sites is 1. The van der Waals surface area contributed by atoms with Crippen LogP contribution in [-0.4, -0.2) is 106 Å². The van der Waals surface area contributed by atoms with Crippen LogP contribution in [0.3, 0.4) is 0 Å². The van der Waals surface area contributed by atoms with E-state index in [0.29, 0.717) is 51.5 Å². The van der Waals surface area contributed by atoms with Gasteiger partial charge in [-0.1, -0.05) is 36.6 Å². The minimum absolute atomic E-state index is 0.138. The molecule has 1 aliphatic carbocycles. The number of carboxylic acids is 1. The highest BCUT2D eigenvalue weighted by atomic mass is 16.4. The average Bonchev–Trinajstić information content (AvgIpc) is 3.57. The van der Waals surface area contributed by atoms with Gasteiger partial charge in [0.1, 0.15) is 23.6 Å². The summed E-state index contributed by atoms with van der Waals surface area (Å²) >= 11 is 0. The molecule has 1 saturated carbocycles. The number of carbonyl (C=O) groups excluding carboxylic acids is 1. The summed E-state index contributed by atoms with van der Waals surface area (Å²) in [7, 11) is 0. The van der Waals surface area contributed by atoms with Gasteiger partial charge in [0, 0.05) is 44.2 Å². The third-order valence-corrected chi connectivity index (χ3v) is 9.01. The van der Waals surface area contributed by atoms with E-state index in [9.17, 15) is 9.59 Å². The third-order valence-electron chi connectivity index (χ3n) is 9.01. The number of nitrogens with zero attached hydrogens (tertiary/aromatic N) is 6. The smallest absolute Gasteiger partial charge is 0.320 e. The number of aromatic nitrogens is 5. The number of rotatable bonds is 19. The van der Waals surface area contributed by atoms with Crippen LogP contribution in [0.25, 0.3) is 10.9 Å². The van der Waals surface area contributed by atoms with Crippen LogP contribution < -0.4 is 37.2 Å². The van der Waals surface area contributed by atoms with Gasteiger partial charge in [0.15, 0.2) is 0 Å². The molecule has 48 heavy (non-hydrogen) atoms. The van der Waals surface area contributed by atoms with Gasteiger partial charge in [-0.05, 0) is 70.3 Å². The monoisotopic (exact) mass is 664 g/mol. The molecule has 262 valence electrons. The van der Waals surface area contributed by atoms with Crippen molar-refractivity contribution in [3.8, 4) is 0 Å². The van der Waals surface area contributed by atoms with Gasteiger partial charge in [-0.3, -0.25) is 14.3 Å². The maximum atomic E-state index is 12.9. The molecule has 2 fully saturated rings. The van der Waals surface area contributed by atoms with Gasteiger partial charge in [-0.25, -0.2) is 4.98 Å². The predicted octanol–water partition coefficient (Wildman–Crippen LogP) is 1.21. The summed E-state index contributed by atoms with van der Waals surface area (Å²) in [6, 6.07) is 7.21. The Labute approximate surface area is 282 Å². The maximum absolute atomic E-state index is 12.9. The highest BCUT2D eigenvalue weighted by Crippen LogP contribution is 2.26. The molecule has 5 rings (SSSR count). The molecule has 0 radical (unpaired) electrons. The molecule has 2 atom stereocenters. The minimum atomic E-state index is -1.04. The lowest BCUT2D eigenvalue weighted by Crippen LogP contribution is -2.57. The molecule has 0 bridgehead atoms. The van der Waals surface area contributed by atoms with Crippen LogP contribution in [0.5, 0.6) is 0 Å². The second kappa shape index (κ2) is 18.6. The number of amides is 1. The van der Waals surface area contributed by atoms with Crippen molar-refractivity contribution in [2.45, 2.75) is 89.0 Å². The molecule has 3 heterocycles. The standard InChI is InChI=1S/C33H52N12O3/c34-27(32(47)48)12-6-16-38-31(46)29-23-44(20-18-37-29)30-26-11-4-5-13-28(26)40-33(41-30)39-21-25-22-45(43-42-25)19-8-15-35-14-7-17-36-24-9-2-1-3-10-24/h4-5,11,13,22,24,27,29,35-37H,1-3,6-10,12,14-21,23,34H2,(H,38,46)(H,47,48)(H,39,40,41). The number of hydrogen-bond acceptors (Lipinski definition) is 12. The molecule has 8 N–H and O–H groups in total. The van der Waals surface area contributed by atoms with Crippen molar-refractivity contribution in [3.63, 3.8) is 0 Å². The van der Waals surface area contributed by atoms with E-state index < -0.39 is 18.1 Å². The van der Waals surface area contributed by atoms with Crippen LogP contribution in [-0.2, 0) is 22.7 Å². The summed E-state index contributed by atoms with van der Waals surface area (Å²) in [4.78, 5) is 35.6. The Morgan fingerprint density at radius 2 is 1.88 bits per heavy atom. The summed E-state index contributed by atoms with van der Waals surface area (Å²) in [5.41, 5.74) is 7.18. The van der Waals surface area contributed by atoms with E-state index in [1.807, 2.05) is 35.1 Å². The van der Waals surface area contributed by atoms with E-state index in [1.165, 1.54) is 32.1 Å².